The SMILES string of the molecule is COc1cc(/C=C2\SC(=O)N(CCOc3ccc(Cl)cc3)C2=O)ccc1OC(=O)c1ccc(F)cc1. The van der Waals surface area contributed by atoms with E-state index in [0.717, 1.165) is 28.8 Å². The standard InChI is InChI=1S/C26H19ClFNO6S/c1-33-22-14-16(2-11-21(22)35-25(31)17-3-7-19(28)8-4-17)15-23-24(30)29(26(32)36-23)12-13-34-20-9-5-18(27)6-10-20/h2-11,14-15H,12-13H2,1H3/b23-15-. The molecule has 0 aliphatic carbocycles. The van der Waals surface area contributed by atoms with Gasteiger partial charge in [0.2, 0.25) is 0 Å². The van der Waals surface area contributed by atoms with Crippen molar-refractivity contribution in [2.24, 2.45) is 0 Å². The molecule has 0 N–H and O–H groups in total. The molecule has 1 aliphatic heterocycles. The fourth-order valence-electron chi connectivity index (χ4n) is 3.23. The lowest BCUT2D eigenvalue weighted by atomic mass is 10.1. The van der Waals surface area contributed by atoms with Crippen molar-refractivity contribution in [3.05, 3.63) is 93.6 Å². The Labute approximate surface area is 215 Å². The van der Waals surface area contributed by atoms with E-state index in [1.807, 2.05) is 0 Å². The van der Waals surface area contributed by atoms with Crippen LogP contribution >= 0.6 is 23.4 Å². The molecule has 0 radical (unpaired) electrons. The quantitative estimate of drug-likeness (QED) is 0.207. The smallest absolute Gasteiger partial charge is 0.343 e. The molecule has 184 valence electrons. The molecule has 3 aromatic rings. The fraction of sp³-hybridized carbons (Fsp3) is 0.115. The highest BCUT2D eigenvalue weighted by Crippen LogP contribution is 2.34. The van der Waals surface area contributed by atoms with Crippen LogP contribution < -0.4 is 14.2 Å². The molecule has 4 rings (SSSR count). The summed E-state index contributed by atoms with van der Waals surface area (Å²) >= 11 is 6.67. The number of amides is 2. The number of carbonyl (C=O) groups is 3. The number of benzene rings is 3. The van der Waals surface area contributed by atoms with Gasteiger partial charge in [0.25, 0.3) is 11.1 Å². The van der Waals surface area contributed by atoms with E-state index in [4.69, 9.17) is 25.8 Å². The molecule has 0 aromatic heterocycles. The van der Waals surface area contributed by atoms with Gasteiger partial charge in [-0.15, -0.1) is 0 Å². The summed E-state index contributed by atoms with van der Waals surface area (Å²) in [7, 11) is 1.41. The lowest BCUT2D eigenvalue weighted by Crippen LogP contribution is -2.32. The van der Waals surface area contributed by atoms with E-state index in [9.17, 15) is 18.8 Å². The van der Waals surface area contributed by atoms with E-state index >= 15 is 0 Å². The largest absolute Gasteiger partial charge is 0.493 e. The molecule has 2 amide bonds. The van der Waals surface area contributed by atoms with E-state index in [1.54, 1.807) is 42.5 Å². The monoisotopic (exact) mass is 527 g/mol. The summed E-state index contributed by atoms with van der Waals surface area (Å²) < 4.78 is 29.3. The summed E-state index contributed by atoms with van der Waals surface area (Å²) in [4.78, 5) is 38.8. The first-order chi connectivity index (χ1) is 17.3. The second-order valence-electron chi connectivity index (χ2n) is 7.44. The molecule has 1 aliphatic rings. The number of halogens is 2. The van der Waals surface area contributed by atoms with E-state index in [-0.39, 0.29) is 35.1 Å². The van der Waals surface area contributed by atoms with Crippen LogP contribution in [-0.2, 0) is 4.79 Å². The minimum Gasteiger partial charge on any atom is -0.493 e. The summed E-state index contributed by atoms with van der Waals surface area (Å²) in [5, 5.41) is 0.178. The minimum atomic E-state index is -0.678. The van der Waals surface area contributed by atoms with Crippen molar-refractivity contribution in [2.45, 2.75) is 0 Å². The van der Waals surface area contributed by atoms with Gasteiger partial charge in [-0.2, -0.15) is 0 Å². The van der Waals surface area contributed by atoms with Crippen LogP contribution in [0.15, 0.2) is 71.6 Å². The number of hydrogen-bond donors (Lipinski definition) is 0. The Kier molecular flexibility index (Phi) is 7.92. The van der Waals surface area contributed by atoms with Crippen molar-refractivity contribution in [3.8, 4) is 17.2 Å². The number of imide groups is 1. The van der Waals surface area contributed by atoms with Gasteiger partial charge in [-0.05, 0) is 84.1 Å². The van der Waals surface area contributed by atoms with Crippen LogP contribution in [0.25, 0.3) is 6.08 Å². The number of carbonyl (C=O) groups excluding carboxylic acids is 3. The first-order valence-electron chi connectivity index (χ1n) is 10.6. The van der Waals surface area contributed by atoms with Gasteiger partial charge in [0.05, 0.1) is 24.1 Å². The number of esters is 1. The number of thioether (sulfide) groups is 1. The Hall–Kier alpha value is -3.82. The predicted molar refractivity (Wildman–Crippen MR) is 134 cm³/mol. The van der Waals surface area contributed by atoms with Crippen molar-refractivity contribution in [3.63, 3.8) is 0 Å². The zero-order chi connectivity index (χ0) is 25.7. The molecule has 3 aromatic carbocycles. The highest BCUT2D eigenvalue weighted by molar-refractivity contribution is 8.18. The Morgan fingerprint density at radius 1 is 1.03 bits per heavy atom. The Balaban J connectivity index is 1.41. The number of hydrogen-bond acceptors (Lipinski definition) is 7. The lowest BCUT2D eigenvalue weighted by molar-refractivity contribution is -0.123. The van der Waals surface area contributed by atoms with Gasteiger partial charge in [0.1, 0.15) is 18.2 Å². The van der Waals surface area contributed by atoms with E-state index in [1.165, 1.54) is 25.3 Å². The maximum absolute atomic E-state index is 13.1. The molecule has 1 heterocycles. The third kappa shape index (κ3) is 6.05. The van der Waals surface area contributed by atoms with Crippen LogP contribution in [0.2, 0.25) is 5.02 Å². The summed E-state index contributed by atoms with van der Waals surface area (Å²) in [5.74, 6) is -0.606. The number of nitrogens with zero attached hydrogens (tertiary/aromatic N) is 1. The maximum Gasteiger partial charge on any atom is 0.343 e. The molecule has 0 bridgehead atoms. The van der Waals surface area contributed by atoms with Crippen LogP contribution in [-0.4, -0.2) is 42.3 Å². The normalized spacial score (nSPS) is 14.3. The van der Waals surface area contributed by atoms with Gasteiger partial charge in [0, 0.05) is 5.02 Å². The lowest BCUT2D eigenvalue weighted by Gasteiger charge is -2.13. The topological polar surface area (TPSA) is 82.1 Å². The van der Waals surface area contributed by atoms with Gasteiger partial charge >= 0.3 is 5.97 Å². The molecule has 0 atom stereocenters. The zero-order valence-corrected chi connectivity index (χ0v) is 20.5. The van der Waals surface area contributed by atoms with Gasteiger partial charge in [-0.3, -0.25) is 14.5 Å². The van der Waals surface area contributed by atoms with Crippen LogP contribution in [0.5, 0.6) is 17.2 Å². The summed E-state index contributed by atoms with van der Waals surface area (Å²) in [6.45, 7) is 0.223. The molecule has 0 unspecified atom stereocenters. The minimum absolute atomic E-state index is 0.0895. The first kappa shape index (κ1) is 25.3. The third-order valence-corrected chi connectivity index (χ3v) is 6.20. The summed E-state index contributed by atoms with van der Waals surface area (Å²) in [5.41, 5.74) is 0.743. The van der Waals surface area contributed by atoms with Crippen LogP contribution in [0.3, 0.4) is 0 Å². The van der Waals surface area contributed by atoms with Crippen molar-refractivity contribution >= 4 is 46.6 Å². The Morgan fingerprint density at radius 3 is 2.44 bits per heavy atom. The van der Waals surface area contributed by atoms with Gasteiger partial charge in [0.15, 0.2) is 11.5 Å². The second kappa shape index (κ2) is 11.3. The fourth-order valence-corrected chi connectivity index (χ4v) is 4.22. The van der Waals surface area contributed by atoms with E-state index < -0.39 is 22.9 Å². The second-order valence-corrected chi connectivity index (χ2v) is 8.87. The first-order valence-corrected chi connectivity index (χ1v) is 11.8. The third-order valence-electron chi connectivity index (χ3n) is 5.04. The Morgan fingerprint density at radius 2 is 1.75 bits per heavy atom. The average molecular weight is 528 g/mol. The molecule has 0 spiro atoms. The Bertz CT molecular complexity index is 1330. The summed E-state index contributed by atoms with van der Waals surface area (Å²) in [6, 6.07) is 16.4. The number of methoxy groups -OCH3 is 1. The summed E-state index contributed by atoms with van der Waals surface area (Å²) in [6.07, 6.45) is 1.55. The highest BCUT2D eigenvalue weighted by atomic mass is 35.5. The predicted octanol–water partition coefficient (Wildman–Crippen LogP) is 5.82. The highest BCUT2D eigenvalue weighted by Gasteiger charge is 2.34. The van der Waals surface area contributed by atoms with Gasteiger partial charge < -0.3 is 14.2 Å². The molecule has 1 fully saturated rings. The molecular weight excluding hydrogens is 509 g/mol. The van der Waals surface area contributed by atoms with Crippen molar-refractivity contribution in [1.29, 1.82) is 0 Å². The van der Waals surface area contributed by atoms with Crippen molar-refractivity contribution < 1.29 is 33.0 Å². The number of rotatable bonds is 8. The molecule has 10 heteroatoms. The molecule has 0 saturated carbocycles. The molecule has 7 nitrogen and oxygen atoms in total. The van der Waals surface area contributed by atoms with Gasteiger partial charge in [-0.25, -0.2) is 9.18 Å². The molecule has 1 saturated heterocycles. The average Bonchev–Trinajstić information content (AvgIpc) is 3.13. The van der Waals surface area contributed by atoms with Crippen molar-refractivity contribution in [1.82, 2.24) is 4.90 Å². The van der Waals surface area contributed by atoms with E-state index in [2.05, 4.69) is 0 Å². The maximum atomic E-state index is 13.1. The zero-order valence-electron chi connectivity index (χ0n) is 18.9. The van der Waals surface area contributed by atoms with Crippen molar-refractivity contribution in [2.75, 3.05) is 20.3 Å². The van der Waals surface area contributed by atoms with E-state index in [0.29, 0.717) is 16.3 Å². The molecular formula is C26H19ClFNO6S. The molecule has 36 heavy (non-hydrogen) atoms. The van der Waals surface area contributed by atoms with Crippen LogP contribution in [0.4, 0.5) is 9.18 Å². The van der Waals surface area contributed by atoms with Crippen LogP contribution in [0.1, 0.15) is 15.9 Å². The van der Waals surface area contributed by atoms with Gasteiger partial charge in [-0.1, -0.05) is 17.7 Å². The van der Waals surface area contributed by atoms with Crippen LogP contribution in [0, 0.1) is 5.82 Å². The number of ether oxygens (including phenoxy) is 3.